The average Bonchev–Trinajstić information content (AvgIpc) is 3.00. The van der Waals surface area contributed by atoms with Gasteiger partial charge in [-0.05, 0) is 38.6 Å². The van der Waals surface area contributed by atoms with Gasteiger partial charge in [0.2, 0.25) is 0 Å². The number of carbonyl (C=O) groups is 1. The summed E-state index contributed by atoms with van der Waals surface area (Å²) in [7, 11) is 5.51. The average molecular weight is 355 g/mol. The van der Waals surface area contributed by atoms with Crippen molar-refractivity contribution in [2.45, 2.75) is 32.8 Å². The standard InChI is InChI=1S/C17H30N4O2S/c1-17(2,3)23-16(22)21(6)12-10-19-15(18-4)20(5)11-9-14-8-7-13-24-14/h7-8,13H,9-12H2,1-6H3,(H,18,19). The minimum atomic E-state index is -0.475. The molecule has 1 aromatic heterocycles. The van der Waals surface area contributed by atoms with Crippen LogP contribution < -0.4 is 5.32 Å². The van der Waals surface area contributed by atoms with Crippen molar-refractivity contribution in [1.82, 2.24) is 15.1 Å². The highest BCUT2D eigenvalue weighted by Crippen LogP contribution is 2.10. The molecule has 0 aliphatic rings. The molecule has 0 unspecified atom stereocenters. The molecule has 24 heavy (non-hydrogen) atoms. The fourth-order valence-corrected chi connectivity index (χ4v) is 2.69. The molecule has 1 amide bonds. The molecule has 0 bridgehead atoms. The largest absolute Gasteiger partial charge is 0.444 e. The van der Waals surface area contributed by atoms with E-state index in [2.05, 4.69) is 32.7 Å². The third-order valence-electron chi connectivity index (χ3n) is 3.28. The van der Waals surface area contributed by atoms with Crippen molar-refractivity contribution in [1.29, 1.82) is 0 Å². The predicted molar refractivity (Wildman–Crippen MR) is 101 cm³/mol. The van der Waals surface area contributed by atoms with Crippen molar-refractivity contribution in [3.63, 3.8) is 0 Å². The Labute approximate surface area is 149 Å². The summed E-state index contributed by atoms with van der Waals surface area (Å²) in [6.45, 7) is 7.64. The van der Waals surface area contributed by atoms with Crippen LogP contribution in [0, 0.1) is 0 Å². The van der Waals surface area contributed by atoms with Gasteiger partial charge in [-0.2, -0.15) is 0 Å². The van der Waals surface area contributed by atoms with Crippen LogP contribution in [-0.2, 0) is 11.2 Å². The summed E-state index contributed by atoms with van der Waals surface area (Å²) in [5.74, 6) is 0.823. The Morgan fingerprint density at radius 3 is 2.54 bits per heavy atom. The van der Waals surface area contributed by atoms with Crippen LogP contribution in [0.25, 0.3) is 0 Å². The Bertz CT molecular complexity index is 523. The lowest BCUT2D eigenvalue weighted by Crippen LogP contribution is -2.44. The second-order valence-corrected chi connectivity index (χ2v) is 7.66. The van der Waals surface area contributed by atoms with Gasteiger partial charge in [-0.15, -0.1) is 11.3 Å². The molecule has 0 radical (unpaired) electrons. The lowest BCUT2D eigenvalue weighted by molar-refractivity contribution is 0.0302. The molecule has 0 saturated heterocycles. The maximum Gasteiger partial charge on any atom is 0.410 e. The number of rotatable bonds is 6. The lowest BCUT2D eigenvalue weighted by atomic mass is 10.2. The fraction of sp³-hybridized carbons (Fsp3) is 0.647. The van der Waals surface area contributed by atoms with E-state index in [9.17, 15) is 4.79 Å². The van der Waals surface area contributed by atoms with Gasteiger partial charge >= 0.3 is 6.09 Å². The summed E-state index contributed by atoms with van der Waals surface area (Å²) >= 11 is 1.77. The zero-order valence-corrected chi connectivity index (χ0v) is 16.4. The third-order valence-corrected chi connectivity index (χ3v) is 4.22. The van der Waals surface area contributed by atoms with Gasteiger partial charge in [-0.1, -0.05) is 6.07 Å². The van der Waals surface area contributed by atoms with Crippen molar-refractivity contribution in [3.8, 4) is 0 Å². The molecule has 0 saturated carbocycles. The smallest absolute Gasteiger partial charge is 0.410 e. The molecule has 0 spiro atoms. The van der Waals surface area contributed by atoms with Gasteiger partial charge in [0.05, 0.1) is 0 Å². The quantitative estimate of drug-likeness (QED) is 0.630. The van der Waals surface area contributed by atoms with Crippen LogP contribution >= 0.6 is 11.3 Å². The highest BCUT2D eigenvalue weighted by molar-refractivity contribution is 7.09. The van der Waals surface area contributed by atoms with Crippen LogP contribution in [0.1, 0.15) is 25.6 Å². The SMILES string of the molecule is CN=C(NCCN(C)C(=O)OC(C)(C)C)N(C)CCc1cccs1. The van der Waals surface area contributed by atoms with E-state index in [0.717, 1.165) is 18.9 Å². The number of carbonyl (C=O) groups excluding carboxylic acids is 1. The number of nitrogens with zero attached hydrogens (tertiary/aromatic N) is 3. The van der Waals surface area contributed by atoms with Gasteiger partial charge in [-0.3, -0.25) is 4.99 Å². The second-order valence-electron chi connectivity index (χ2n) is 6.63. The number of likely N-dealkylation sites (N-methyl/N-ethyl adjacent to an activating group) is 2. The summed E-state index contributed by atoms with van der Waals surface area (Å²) in [5, 5.41) is 5.37. The molecule has 1 rings (SSSR count). The van der Waals surface area contributed by atoms with Crippen LogP contribution in [0.3, 0.4) is 0 Å². The second kappa shape index (κ2) is 9.52. The molecular formula is C17H30N4O2S. The number of guanidine groups is 1. The molecule has 6 nitrogen and oxygen atoms in total. The Kier molecular flexibility index (Phi) is 8.04. The number of amides is 1. The summed E-state index contributed by atoms with van der Waals surface area (Å²) in [4.78, 5) is 21.2. The van der Waals surface area contributed by atoms with Gasteiger partial charge < -0.3 is 19.9 Å². The molecule has 0 atom stereocenters. The van der Waals surface area contributed by atoms with Crippen LogP contribution in [0.15, 0.2) is 22.5 Å². The molecule has 136 valence electrons. The van der Waals surface area contributed by atoms with Crippen molar-refractivity contribution in [2.24, 2.45) is 4.99 Å². The molecular weight excluding hydrogens is 324 g/mol. The lowest BCUT2D eigenvalue weighted by Gasteiger charge is -2.26. The van der Waals surface area contributed by atoms with Crippen LogP contribution in [0.5, 0.6) is 0 Å². The molecule has 1 N–H and O–H groups in total. The summed E-state index contributed by atoms with van der Waals surface area (Å²) in [5.41, 5.74) is -0.475. The minimum Gasteiger partial charge on any atom is -0.444 e. The summed E-state index contributed by atoms with van der Waals surface area (Å²) in [6.07, 6.45) is 0.678. The van der Waals surface area contributed by atoms with E-state index >= 15 is 0 Å². The van der Waals surface area contributed by atoms with Gasteiger partial charge in [0, 0.05) is 45.7 Å². The third kappa shape index (κ3) is 7.68. The van der Waals surface area contributed by atoms with Crippen molar-refractivity contribution in [2.75, 3.05) is 40.8 Å². The number of nitrogens with one attached hydrogen (secondary N) is 1. The molecule has 1 aromatic rings. The number of hydrogen-bond acceptors (Lipinski definition) is 4. The number of hydrogen-bond donors (Lipinski definition) is 1. The fourth-order valence-electron chi connectivity index (χ4n) is 1.99. The van der Waals surface area contributed by atoms with E-state index in [-0.39, 0.29) is 6.09 Å². The van der Waals surface area contributed by atoms with Crippen molar-refractivity contribution in [3.05, 3.63) is 22.4 Å². The monoisotopic (exact) mass is 354 g/mol. The van der Waals surface area contributed by atoms with E-state index in [1.54, 1.807) is 30.3 Å². The first-order valence-corrected chi connectivity index (χ1v) is 8.99. The van der Waals surface area contributed by atoms with E-state index < -0.39 is 5.60 Å². The van der Waals surface area contributed by atoms with Gasteiger partial charge in [-0.25, -0.2) is 4.79 Å². The van der Waals surface area contributed by atoms with Crippen LogP contribution in [-0.4, -0.2) is 68.2 Å². The zero-order valence-electron chi connectivity index (χ0n) is 15.6. The Hall–Kier alpha value is -1.76. The van der Waals surface area contributed by atoms with Gasteiger partial charge in [0.1, 0.15) is 5.60 Å². The first-order valence-electron chi connectivity index (χ1n) is 8.11. The first kappa shape index (κ1) is 20.3. The summed E-state index contributed by atoms with van der Waals surface area (Å²) < 4.78 is 5.33. The van der Waals surface area contributed by atoms with Crippen molar-refractivity contribution < 1.29 is 9.53 Å². The first-order chi connectivity index (χ1) is 11.2. The van der Waals surface area contributed by atoms with E-state index in [4.69, 9.17) is 4.74 Å². The molecule has 0 fully saturated rings. The molecule has 0 aliphatic heterocycles. The highest BCUT2D eigenvalue weighted by Gasteiger charge is 2.19. The molecule has 0 aromatic carbocycles. The van der Waals surface area contributed by atoms with E-state index in [1.165, 1.54) is 4.88 Å². The zero-order chi connectivity index (χ0) is 18.2. The Morgan fingerprint density at radius 1 is 1.29 bits per heavy atom. The van der Waals surface area contributed by atoms with Crippen LogP contribution in [0.4, 0.5) is 4.79 Å². The molecule has 0 aliphatic carbocycles. The van der Waals surface area contributed by atoms with Gasteiger partial charge in [0.25, 0.3) is 0 Å². The maximum atomic E-state index is 11.9. The normalized spacial score (nSPS) is 12.0. The molecule has 1 heterocycles. The van der Waals surface area contributed by atoms with Gasteiger partial charge in [0.15, 0.2) is 5.96 Å². The Balaban J connectivity index is 2.34. The number of thiophene rings is 1. The highest BCUT2D eigenvalue weighted by atomic mass is 32.1. The minimum absolute atomic E-state index is 0.315. The number of aliphatic imine (C=N–C) groups is 1. The van der Waals surface area contributed by atoms with Crippen molar-refractivity contribution >= 4 is 23.4 Å². The topological polar surface area (TPSA) is 57.2 Å². The maximum absolute atomic E-state index is 11.9. The summed E-state index contributed by atoms with van der Waals surface area (Å²) in [6, 6.07) is 4.21. The number of ether oxygens (including phenoxy) is 1. The molecule has 7 heteroatoms. The predicted octanol–water partition coefficient (Wildman–Crippen LogP) is 2.66. The van der Waals surface area contributed by atoms with E-state index in [1.807, 2.05) is 27.8 Å². The Morgan fingerprint density at radius 2 is 2.00 bits per heavy atom. The van der Waals surface area contributed by atoms with Crippen LogP contribution in [0.2, 0.25) is 0 Å². The van der Waals surface area contributed by atoms with E-state index in [0.29, 0.717) is 13.1 Å².